The molecule has 0 aromatic heterocycles. The molecule has 0 aromatic rings. The van der Waals surface area contributed by atoms with Gasteiger partial charge in [0.05, 0.1) is 21.7 Å². The van der Waals surface area contributed by atoms with Crippen LogP contribution in [0.25, 0.3) is 0 Å². The van der Waals surface area contributed by atoms with Gasteiger partial charge in [0, 0.05) is 21.3 Å². The van der Waals surface area contributed by atoms with E-state index < -0.39 is 45.5 Å². The lowest BCUT2D eigenvalue weighted by Crippen LogP contribution is -2.69. The molecule has 4 rings (SSSR count). The van der Waals surface area contributed by atoms with Gasteiger partial charge in [-0.25, -0.2) is 0 Å². The zero-order valence-corrected chi connectivity index (χ0v) is 17.9. The van der Waals surface area contributed by atoms with Crippen molar-refractivity contribution in [2.24, 2.45) is 21.7 Å². The van der Waals surface area contributed by atoms with E-state index in [1.165, 1.54) is 21.3 Å². The van der Waals surface area contributed by atoms with E-state index in [0.717, 1.165) is 0 Å². The minimum atomic E-state index is -1.49. The Morgan fingerprint density at radius 1 is 0.581 bits per heavy atom. The molecule has 4 aliphatic rings. The molecule has 4 aliphatic carbocycles. The molecule has 11 heteroatoms. The number of carbonyl (C=O) groups excluding carboxylic acids is 3. The second kappa shape index (κ2) is 8.36. The largest absolute Gasteiger partial charge is 0.481 e. The number of hydrogen-bond donors (Lipinski definition) is 1. The molecular formula is C20H28O11. The fourth-order valence-electron chi connectivity index (χ4n) is 6.31. The van der Waals surface area contributed by atoms with E-state index in [2.05, 4.69) is 0 Å². The molecular weight excluding hydrogens is 416 g/mol. The fraction of sp³-hybridized carbons (Fsp3) is 0.800. The van der Waals surface area contributed by atoms with Crippen LogP contribution in [0.3, 0.4) is 0 Å². The van der Waals surface area contributed by atoms with E-state index in [1.54, 1.807) is 0 Å². The SMILES string of the molecule is COCOC(=O)C12CC3(C(=O)O)CC(C(=O)OCOC)(C1)CC(C(=O)OCOC)(C3)C2. The number of ether oxygens (including phenoxy) is 6. The standard InChI is InChI=1S/C20H28O11/c1-26-10-29-14(23)18-4-17(13(21)22)5-19(7-18,15(24)30-11-27-2)9-20(6-17,8-18)16(25)31-12-28-3/h4-12H2,1-3H3,(H,21,22). The number of rotatable bonds is 10. The van der Waals surface area contributed by atoms with Gasteiger partial charge in [-0.15, -0.1) is 0 Å². The van der Waals surface area contributed by atoms with Crippen LogP contribution < -0.4 is 0 Å². The zero-order chi connectivity index (χ0) is 22.9. The predicted molar refractivity (Wildman–Crippen MR) is 99.0 cm³/mol. The molecule has 0 spiro atoms. The Labute approximate surface area is 179 Å². The van der Waals surface area contributed by atoms with E-state index in [1.807, 2.05) is 0 Å². The average Bonchev–Trinajstić information content (AvgIpc) is 2.72. The molecule has 0 heterocycles. The van der Waals surface area contributed by atoms with Gasteiger partial charge < -0.3 is 33.5 Å². The van der Waals surface area contributed by atoms with Gasteiger partial charge in [-0.1, -0.05) is 0 Å². The van der Waals surface area contributed by atoms with E-state index in [0.29, 0.717) is 0 Å². The number of esters is 3. The highest BCUT2D eigenvalue weighted by molar-refractivity contribution is 5.91. The van der Waals surface area contributed by atoms with E-state index in [4.69, 9.17) is 28.4 Å². The first-order valence-corrected chi connectivity index (χ1v) is 9.85. The maximum atomic E-state index is 13.1. The lowest BCUT2D eigenvalue weighted by atomic mass is 9.35. The van der Waals surface area contributed by atoms with Crippen molar-refractivity contribution in [3.63, 3.8) is 0 Å². The molecule has 4 fully saturated rings. The second-order valence-corrected chi connectivity index (χ2v) is 9.00. The molecule has 0 atom stereocenters. The second-order valence-electron chi connectivity index (χ2n) is 9.00. The first kappa shape index (κ1) is 23.4. The Kier molecular flexibility index (Phi) is 6.32. The van der Waals surface area contributed by atoms with Crippen LogP contribution in [-0.4, -0.2) is 70.7 Å². The number of carboxylic acids is 1. The van der Waals surface area contributed by atoms with Crippen molar-refractivity contribution in [2.45, 2.75) is 38.5 Å². The average molecular weight is 444 g/mol. The summed E-state index contributed by atoms with van der Waals surface area (Å²) in [4.78, 5) is 51.8. The van der Waals surface area contributed by atoms with Gasteiger partial charge in [0.2, 0.25) is 0 Å². The zero-order valence-electron chi connectivity index (χ0n) is 17.9. The molecule has 4 saturated carbocycles. The van der Waals surface area contributed by atoms with Crippen LogP contribution in [0.4, 0.5) is 0 Å². The molecule has 11 nitrogen and oxygen atoms in total. The summed E-state index contributed by atoms with van der Waals surface area (Å²) in [5, 5.41) is 10.2. The Morgan fingerprint density at radius 3 is 1.06 bits per heavy atom. The molecule has 1 N–H and O–H groups in total. The molecule has 0 aliphatic heterocycles. The molecule has 0 saturated heterocycles. The van der Waals surface area contributed by atoms with E-state index in [9.17, 15) is 24.3 Å². The lowest BCUT2D eigenvalue weighted by Gasteiger charge is -2.65. The maximum Gasteiger partial charge on any atom is 0.314 e. The first-order valence-electron chi connectivity index (χ1n) is 9.85. The highest BCUT2D eigenvalue weighted by atomic mass is 16.7. The Hall–Kier alpha value is -2.24. The number of aliphatic carboxylic acids is 1. The highest BCUT2D eigenvalue weighted by Gasteiger charge is 2.77. The van der Waals surface area contributed by atoms with Gasteiger partial charge in [0.15, 0.2) is 20.4 Å². The van der Waals surface area contributed by atoms with Crippen LogP contribution >= 0.6 is 0 Å². The minimum Gasteiger partial charge on any atom is -0.481 e. The van der Waals surface area contributed by atoms with Crippen molar-refractivity contribution in [3.05, 3.63) is 0 Å². The van der Waals surface area contributed by atoms with Crippen LogP contribution in [0.2, 0.25) is 0 Å². The summed E-state index contributed by atoms with van der Waals surface area (Å²) < 4.78 is 30.1. The number of carbonyl (C=O) groups is 4. The summed E-state index contributed by atoms with van der Waals surface area (Å²) in [6.07, 6.45) is -0.0954. The number of carboxylic acid groups (broad SMARTS) is 1. The third-order valence-electron chi connectivity index (χ3n) is 6.74. The summed E-state index contributed by atoms with van der Waals surface area (Å²) in [5.41, 5.74) is -5.60. The smallest absolute Gasteiger partial charge is 0.314 e. The van der Waals surface area contributed by atoms with Gasteiger partial charge in [-0.3, -0.25) is 19.2 Å². The minimum absolute atomic E-state index is 0.0133. The predicted octanol–water partition coefficient (Wildman–Crippen LogP) is 0.839. The molecule has 0 aromatic carbocycles. The topological polar surface area (TPSA) is 144 Å². The molecule has 0 unspecified atom stereocenters. The Bertz CT molecular complexity index is 664. The van der Waals surface area contributed by atoms with Gasteiger partial charge in [-0.05, 0) is 38.5 Å². The first-order chi connectivity index (χ1) is 14.6. The van der Waals surface area contributed by atoms with Crippen molar-refractivity contribution in [2.75, 3.05) is 41.7 Å². The summed E-state index contributed by atoms with van der Waals surface area (Å²) in [7, 11) is 4.04. The van der Waals surface area contributed by atoms with E-state index >= 15 is 0 Å². The van der Waals surface area contributed by atoms with Gasteiger partial charge in [0.25, 0.3) is 0 Å². The summed E-state index contributed by atoms with van der Waals surface area (Å²) in [6.45, 7) is -0.991. The monoisotopic (exact) mass is 444 g/mol. The lowest BCUT2D eigenvalue weighted by molar-refractivity contribution is -0.241. The highest BCUT2D eigenvalue weighted by Crippen LogP contribution is 2.74. The van der Waals surface area contributed by atoms with Crippen LogP contribution in [0.15, 0.2) is 0 Å². The van der Waals surface area contributed by atoms with Crippen molar-refractivity contribution >= 4 is 23.9 Å². The molecule has 0 amide bonds. The summed E-state index contributed by atoms with van der Waals surface area (Å²) in [5.74, 6) is -3.28. The Balaban J connectivity index is 2.10. The third kappa shape index (κ3) is 3.79. The van der Waals surface area contributed by atoms with Crippen LogP contribution in [0, 0.1) is 21.7 Å². The molecule has 0 radical (unpaired) electrons. The summed E-state index contributed by atoms with van der Waals surface area (Å²) >= 11 is 0. The van der Waals surface area contributed by atoms with Gasteiger partial charge in [-0.2, -0.15) is 0 Å². The molecule has 4 bridgehead atoms. The van der Waals surface area contributed by atoms with Crippen molar-refractivity contribution in [1.82, 2.24) is 0 Å². The third-order valence-corrected chi connectivity index (χ3v) is 6.74. The van der Waals surface area contributed by atoms with Gasteiger partial charge >= 0.3 is 23.9 Å². The number of hydrogen-bond acceptors (Lipinski definition) is 10. The number of methoxy groups -OCH3 is 3. The Morgan fingerprint density at radius 2 is 0.839 bits per heavy atom. The summed E-state index contributed by atoms with van der Waals surface area (Å²) in [6, 6.07) is 0. The van der Waals surface area contributed by atoms with Crippen LogP contribution in [0.1, 0.15) is 38.5 Å². The maximum absolute atomic E-state index is 13.1. The molecule has 174 valence electrons. The molecule has 31 heavy (non-hydrogen) atoms. The van der Waals surface area contributed by atoms with Crippen molar-refractivity contribution in [1.29, 1.82) is 0 Å². The normalized spacial score (nSPS) is 35.5. The van der Waals surface area contributed by atoms with Crippen molar-refractivity contribution in [3.8, 4) is 0 Å². The van der Waals surface area contributed by atoms with Crippen LogP contribution in [0.5, 0.6) is 0 Å². The van der Waals surface area contributed by atoms with Crippen molar-refractivity contribution < 1.29 is 52.7 Å². The fourth-order valence-corrected chi connectivity index (χ4v) is 6.31. The van der Waals surface area contributed by atoms with Crippen LogP contribution in [-0.2, 0) is 47.6 Å². The quantitative estimate of drug-likeness (QED) is 0.291. The van der Waals surface area contributed by atoms with Gasteiger partial charge in [0.1, 0.15) is 0 Å². The van der Waals surface area contributed by atoms with E-state index in [-0.39, 0.29) is 58.9 Å².